The molecule has 0 bridgehead atoms. The molecule has 4 rings (SSSR count). The van der Waals surface area contributed by atoms with E-state index in [4.69, 9.17) is 4.42 Å². The first kappa shape index (κ1) is 15.7. The minimum atomic E-state index is 0.172. The Morgan fingerprint density at radius 1 is 1.04 bits per heavy atom. The molecule has 1 aliphatic rings. The first-order chi connectivity index (χ1) is 11.8. The summed E-state index contributed by atoms with van der Waals surface area (Å²) in [5.41, 5.74) is 0.978. The lowest BCUT2D eigenvalue weighted by molar-refractivity contribution is 0.198. The molecule has 2 aromatic carbocycles. The van der Waals surface area contributed by atoms with Gasteiger partial charge in [-0.1, -0.05) is 30.3 Å². The number of hydrogen-bond donors (Lipinski definition) is 0. The van der Waals surface area contributed by atoms with Crippen LogP contribution < -0.4 is 0 Å². The van der Waals surface area contributed by atoms with E-state index in [9.17, 15) is 0 Å². The maximum absolute atomic E-state index is 6.00. The van der Waals surface area contributed by atoms with Gasteiger partial charge in [-0.15, -0.1) is 10.2 Å². The van der Waals surface area contributed by atoms with E-state index in [1.165, 1.54) is 28.7 Å². The van der Waals surface area contributed by atoms with Gasteiger partial charge in [-0.3, -0.25) is 4.90 Å². The zero-order valence-corrected chi connectivity index (χ0v) is 14.6. The third-order valence-corrected chi connectivity index (χ3v) is 5.65. The van der Waals surface area contributed by atoms with Crippen LogP contribution >= 0.6 is 11.8 Å². The van der Waals surface area contributed by atoms with Crippen molar-refractivity contribution in [2.45, 2.75) is 19.4 Å². The van der Waals surface area contributed by atoms with Gasteiger partial charge in [0.2, 0.25) is 11.8 Å². The third-order valence-electron chi connectivity index (χ3n) is 4.60. The van der Waals surface area contributed by atoms with Crippen molar-refractivity contribution in [1.29, 1.82) is 0 Å². The van der Waals surface area contributed by atoms with Crippen molar-refractivity contribution in [2.24, 2.45) is 0 Å². The highest BCUT2D eigenvalue weighted by atomic mass is 32.2. The minimum absolute atomic E-state index is 0.172. The molecular formula is C19H21N3OS. The summed E-state index contributed by atoms with van der Waals surface area (Å²) >= 11 is 2.03. The van der Waals surface area contributed by atoms with E-state index in [0.717, 1.165) is 18.7 Å². The maximum Gasteiger partial charge on any atom is 0.247 e. The Hall–Kier alpha value is -1.85. The Balaban J connectivity index is 1.58. The highest BCUT2D eigenvalue weighted by Gasteiger charge is 2.22. The molecule has 5 heteroatoms. The SMILES string of the molecule is CC(c1nnc(-c2ccc3ccccc3c2)o1)N1CCCSCC1. The Labute approximate surface area is 146 Å². The van der Waals surface area contributed by atoms with Crippen LogP contribution in [-0.2, 0) is 0 Å². The number of thioether (sulfide) groups is 1. The second-order valence-corrected chi connectivity index (χ2v) is 7.41. The second kappa shape index (κ2) is 6.95. The normalized spacial score (nSPS) is 17.7. The van der Waals surface area contributed by atoms with E-state index >= 15 is 0 Å². The van der Waals surface area contributed by atoms with Crippen molar-refractivity contribution < 1.29 is 4.42 Å². The standard InChI is InChI=1S/C19H21N3OS/c1-14(22-9-4-11-24-12-10-22)18-20-21-19(23-18)17-8-7-15-5-2-3-6-16(15)13-17/h2-3,5-8,13-14H,4,9-12H2,1H3. The highest BCUT2D eigenvalue weighted by Crippen LogP contribution is 2.27. The van der Waals surface area contributed by atoms with E-state index in [1.807, 2.05) is 30.0 Å². The van der Waals surface area contributed by atoms with E-state index in [1.54, 1.807) is 0 Å². The van der Waals surface area contributed by atoms with Crippen molar-refractivity contribution in [1.82, 2.24) is 15.1 Å². The van der Waals surface area contributed by atoms with E-state index in [-0.39, 0.29) is 6.04 Å². The molecule has 0 radical (unpaired) electrons. The maximum atomic E-state index is 6.00. The topological polar surface area (TPSA) is 42.2 Å². The molecule has 0 saturated carbocycles. The number of rotatable bonds is 3. The summed E-state index contributed by atoms with van der Waals surface area (Å²) in [6.45, 7) is 4.34. The number of benzene rings is 2. The molecule has 2 heterocycles. The Kier molecular flexibility index (Phi) is 4.54. The van der Waals surface area contributed by atoms with E-state index in [2.05, 4.69) is 46.3 Å². The largest absolute Gasteiger partial charge is 0.419 e. The number of nitrogens with zero attached hydrogens (tertiary/aromatic N) is 3. The van der Waals surface area contributed by atoms with Crippen LogP contribution in [0.25, 0.3) is 22.2 Å². The van der Waals surface area contributed by atoms with Crippen molar-refractivity contribution in [3.63, 3.8) is 0 Å². The van der Waals surface area contributed by atoms with Gasteiger partial charge in [0, 0.05) is 17.9 Å². The van der Waals surface area contributed by atoms with Gasteiger partial charge in [0.05, 0.1) is 6.04 Å². The summed E-state index contributed by atoms with van der Waals surface area (Å²) in [7, 11) is 0. The summed E-state index contributed by atoms with van der Waals surface area (Å²) < 4.78 is 6.00. The molecule has 3 aromatic rings. The molecule has 1 atom stereocenters. The molecule has 0 N–H and O–H groups in total. The molecule has 124 valence electrons. The zero-order valence-electron chi connectivity index (χ0n) is 13.8. The lowest BCUT2D eigenvalue weighted by Gasteiger charge is -2.24. The van der Waals surface area contributed by atoms with Gasteiger partial charge in [-0.25, -0.2) is 0 Å². The van der Waals surface area contributed by atoms with Crippen molar-refractivity contribution >= 4 is 22.5 Å². The first-order valence-corrected chi connectivity index (χ1v) is 9.61. The van der Waals surface area contributed by atoms with Crippen LogP contribution in [0.15, 0.2) is 46.9 Å². The Morgan fingerprint density at radius 2 is 1.92 bits per heavy atom. The number of aromatic nitrogens is 2. The Morgan fingerprint density at radius 3 is 2.83 bits per heavy atom. The summed E-state index contributed by atoms with van der Waals surface area (Å²) in [4.78, 5) is 2.44. The van der Waals surface area contributed by atoms with Crippen LogP contribution in [-0.4, -0.2) is 39.7 Å². The van der Waals surface area contributed by atoms with Crippen molar-refractivity contribution in [3.8, 4) is 11.5 Å². The fourth-order valence-corrected chi connectivity index (χ4v) is 4.05. The smallest absolute Gasteiger partial charge is 0.247 e. The van der Waals surface area contributed by atoms with Crippen LogP contribution in [0, 0.1) is 0 Å². The minimum Gasteiger partial charge on any atom is -0.419 e. The summed E-state index contributed by atoms with van der Waals surface area (Å²) in [5, 5.41) is 11.0. The average Bonchev–Trinajstić information content (AvgIpc) is 2.96. The predicted octanol–water partition coefficient (Wildman–Crippen LogP) is 4.39. The van der Waals surface area contributed by atoms with Gasteiger partial charge in [-0.05, 0) is 48.5 Å². The molecule has 1 aliphatic heterocycles. The lowest BCUT2D eigenvalue weighted by atomic mass is 10.1. The summed E-state index contributed by atoms with van der Waals surface area (Å²) in [6, 6.07) is 14.7. The average molecular weight is 339 g/mol. The van der Waals surface area contributed by atoms with Gasteiger partial charge in [0.1, 0.15) is 0 Å². The highest BCUT2D eigenvalue weighted by molar-refractivity contribution is 7.99. The molecule has 24 heavy (non-hydrogen) atoms. The van der Waals surface area contributed by atoms with Crippen LogP contribution in [0.2, 0.25) is 0 Å². The molecule has 0 aliphatic carbocycles. The van der Waals surface area contributed by atoms with Gasteiger partial charge in [-0.2, -0.15) is 11.8 Å². The molecule has 1 fully saturated rings. The fourth-order valence-electron chi connectivity index (χ4n) is 3.15. The number of hydrogen-bond acceptors (Lipinski definition) is 5. The number of fused-ring (bicyclic) bond motifs is 1. The van der Waals surface area contributed by atoms with Crippen molar-refractivity contribution in [2.75, 3.05) is 24.6 Å². The first-order valence-electron chi connectivity index (χ1n) is 8.45. The van der Waals surface area contributed by atoms with Gasteiger partial charge in [0.15, 0.2) is 0 Å². The van der Waals surface area contributed by atoms with Crippen molar-refractivity contribution in [3.05, 3.63) is 48.4 Å². The quantitative estimate of drug-likeness (QED) is 0.708. The second-order valence-electron chi connectivity index (χ2n) is 6.19. The molecule has 0 amide bonds. The monoisotopic (exact) mass is 339 g/mol. The zero-order chi connectivity index (χ0) is 16.4. The van der Waals surface area contributed by atoms with E-state index < -0.39 is 0 Å². The van der Waals surface area contributed by atoms with Crippen LogP contribution in [0.5, 0.6) is 0 Å². The molecule has 1 unspecified atom stereocenters. The van der Waals surface area contributed by atoms with Crippen LogP contribution in [0.1, 0.15) is 25.3 Å². The van der Waals surface area contributed by atoms with E-state index in [0.29, 0.717) is 11.8 Å². The third kappa shape index (κ3) is 3.19. The predicted molar refractivity (Wildman–Crippen MR) is 99.2 cm³/mol. The molecule has 0 spiro atoms. The fraction of sp³-hybridized carbons (Fsp3) is 0.368. The molecule has 4 nitrogen and oxygen atoms in total. The lowest BCUT2D eigenvalue weighted by Crippen LogP contribution is -2.29. The molecule has 1 aromatic heterocycles. The summed E-state index contributed by atoms with van der Waals surface area (Å²) in [6.07, 6.45) is 1.22. The molecule has 1 saturated heterocycles. The van der Waals surface area contributed by atoms with Crippen LogP contribution in [0.3, 0.4) is 0 Å². The van der Waals surface area contributed by atoms with Gasteiger partial charge >= 0.3 is 0 Å². The van der Waals surface area contributed by atoms with Crippen LogP contribution in [0.4, 0.5) is 0 Å². The Bertz CT molecular complexity index is 824. The van der Waals surface area contributed by atoms with Gasteiger partial charge < -0.3 is 4.42 Å². The van der Waals surface area contributed by atoms with Gasteiger partial charge in [0.25, 0.3) is 0 Å². The summed E-state index contributed by atoms with van der Waals surface area (Å²) in [5.74, 6) is 3.74. The molecular weight excluding hydrogens is 318 g/mol.